The van der Waals surface area contributed by atoms with Crippen LogP contribution in [0.1, 0.15) is 22.3 Å². The Morgan fingerprint density at radius 2 is 1.18 bits per heavy atom. The molecule has 0 unspecified atom stereocenters. The van der Waals surface area contributed by atoms with Gasteiger partial charge in [-0.1, -0.05) is 6.07 Å². The highest BCUT2D eigenvalue weighted by atomic mass is 16.6. The minimum Gasteiger partial charge on any atom is -0.491 e. The summed E-state index contributed by atoms with van der Waals surface area (Å²) in [5, 5.41) is 10.9. The summed E-state index contributed by atoms with van der Waals surface area (Å²) in [6.45, 7) is 11.7. The van der Waals surface area contributed by atoms with E-state index in [-0.39, 0.29) is 6.61 Å². The number of pyridine rings is 2. The van der Waals surface area contributed by atoms with E-state index in [1.807, 2.05) is 25.4 Å². The molecule has 1 N–H and O–H groups in total. The molecule has 0 aliphatic heterocycles. The molecule has 0 aliphatic carbocycles. The first-order valence-corrected chi connectivity index (χ1v) is 15.4. The van der Waals surface area contributed by atoms with Crippen LogP contribution in [-0.4, -0.2) is 101 Å². The standard InChI is InChI=1S/C35H46N2O8/c1-25-19-29-31(24-44-16-15-42-12-11-40-8-7-38)33(30-20-26(2)23-37-35(30)34(29)36-22-25)28-5-6-32(27(3)21-28)45-18-17-43-14-13-41-10-9-39-4/h5-6,19-23,38H,7-18,24H2,1-4H3. The van der Waals surface area contributed by atoms with Gasteiger partial charge in [-0.25, -0.2) is 0 Å². The van der Waals surface area contributed by atoms with Crippen LogP contribution in [0.5, 0.6) is 5.75 Å². The van der Waals surface area contributed by atoms with Gasteiger partial charge in [-0.15, -0.1) is 0 Å². The molecule has 0 saturated heterocycles. The average Bonchev–Trinajstić information content (AvgIpc) is 3.03. The normalized spacial score (nSPS) is 11.6. The minimum absolute atomic E-state index is 0.00524. The van der Waals surface area contributed by atoms with Crippen LogP contribution in [-0.2, 0) is 35.0 Å². The Balaban J connectivity index is 1.53. The van der Waals surface area contributed by atoms with Gasteiger partial charge in [0.25, 0.3) is 0 Å². The van der Waals surface area contributed by atoms with Crippen LogP contribution in [0.2, 0.25) is 0 Å². The van der Waals surface area contributed by atoms with Gasteiger partial charge in [-0.05, 0) is 78.4 Å². The van der Waals surface area contributed by atoms with E-state index in [1.165, 1.54) is 0 Å². The number of aliphatic hydroxyl groups is 1. The van der Waals surface area contributed by atoms with E-state index in [4.69, 9.17) is 48.2 Å². The highest BCUT2D eigenvalue weighted by Gasteiger charge is 2.19. The summed E-state index contributed by atoms with van der Waals surface area (Å²) in [6.07, 6.45) is 3.77. The zero-order valence-electron chi connectivity index (χ0n) is 26.9. The van der Waals surface area contributed by atoms with Crippen molar-refractivity contribution in [2.24, 2.45) is 0 Å². The average molecular weight is 623 g/mol. The first kappa shape index (κ1) is 34.6. The zero-order chi connectivity index (χ0) is 31.9. The molecule has 0 bridgehead atoms. The maximum atomic E-state index is 8.83. The molecule has 0 saturated carbocycles. The third kappa shape index (κ3) is 10.1. The topological polar surface area (TPSA) is 111 Å². The molecular weight excluding hydrogens is 576 g/mol. The third-order valence-electron chi connectivity index (χ3n) is 7.15. The first-order valence-electron chi connectivity index (χ1n) is 15.4. The number of aliphatic hydroxyl groups excluding tert-OH is 1. The quantitative estimate of drug-likeness (QED) is 0.101. The summed E-state index contributed by atoms with van der Waals surface area (Å²) in [6, 6.07) is 10.6. The van der Waals surface area contributed by atoms with Gasteiger partial charge in [0.2, 0.25) is 0 Å². The number of hydrogen-bond acceptors (Lipinski definition) is 10. The van der Waals surface area contributed by atoms with E-state index in [2.05, 4.69) is 38.1 Å². The van der Waals surface area contributed by atoms with E-state index >= 15 is 0 Å². The molecule has 45 heavy (non-hydrogen) atoms. The molecule has 0 fully saturated rings. The molecule has 2 aromatic carbocycles. The molecule has 0 atom stereocenters. The van der Waals surface area contributed by atoms with Crippen molar-refractivity contribution in [3.05, 3.63) is 65.0 Å². The molecule has 10 nitrogen and oxygen atoms in total. The smallest absolute Gasteiger partial charge is 0.122 e. The molecule has 2 heterocycles. The van der Waals surface area contributed by atoms with Gasteiger partial charge in [0.1, 0.15) is 12.4 Å². The van der Waals surface area contributed by atoms with Gasteiger partial charge < -0.3 is 38.3 Å². The third-order valence-corrected chi connectivity index (χ3v) is 7.15. The van der Waals surface area contributed by atoms with Crippen molar-refractivity contribution in [1.82, 2.24) is 9.97 Å². The lowest BCUT2D eigenvalue weighted by molar-refractivity contribution is 0.00472. The lowest BCUT2D eigenvalue weighted by Gasteiger charge is -2.19. The predicted molar refractivity (Wildman–Crippen MR) is 174 cm³/mol. The van der Waals surface area contributed by atoms with E-state index in [9.17, 15) is 0 Å². The van der Waals surface area contributed by atoms with Gasteiger partial charge in [-0.2, -0.15) is 0 Å². The Hall–Kier alpha value is -3.22. The molecule has 0 radical (unpaired) electrons. The Bertz CT molecular complexity index is 1500. The fraction of sp³-hybridized carbons (Fsp3) is 0.486. The van der Waals surface area contributed by atoms with Gasteiger partial charge in [-0.3, -0.25) is 9.97 Å². The summed E-state index contributed by atoms with van der Waals surface area (Å²) in [5.74, 6) is 0.813. The summed E-state index contributed by atoms with van der Waals surface area (Å²) >= 11 is 0. The van der Waals surface area contributed by atoms with E-state index in [0.29, 0.717) is 79.3 Å². The number of aryl methyl sites for hydroxylation is 3. The second-order valence-corrected chi connectivity index (χ2v) is 10.7. The van der Waals surface area contributed by atoms with Gasteiger partial charge in [0.15, 0.2) is 0 Å². The Morgan fingerprint density at radius 3 is 1.80 bits per heavy atom. The molecule has 0 spiro atoms. The largest absolute Gasteiger partial charge is 0.491 e. The molecule has 4 rings (SSSR count). The number of fused-ring (bicyclic) bond motifs is 3. The van der Waals surface area contributed by atoms with Crippen molar-refractivity contribution in [2.45, 2.75) is 27.4 Å². The highest BCUT2D eigenvalue weighted by Crippen LogP contribution is 2.40. The lowest BCUT2D eigenvalue weighted by atomic mass is 9.90. The van der Waals surface area contributed by atoms with Crippen molar-refractivity contribution in [1.29, 1.82) is 0 Å². The summed E-state index contributed by atoms with van der Waals surface area (Å²) in [4.78, 5) is 9.65. The van der Waals surface area contributed by atoms with Crippen molar-refractivity contribution in [3.8, 4) is 16.9 Å². The highest BCUT2D eigenvalue weighted by molar-refractivity contribution is 6.12. The lowest BCUT2D eigenvalue weighted by Crippen LogP contribution is -2.12. The molecule has 0 aliphatic rings. The maximum Gasteiger partial charge on any atom is 0.122 e. The summed E-state index contributed by atoms with van der Waals surface area (Å²) < 4.78 is 39.2. The number of methoxy groups -OCH3 is 1. The van der Waals surface area contributed by atoms with E-state index < -0.39 is 0 Å². The fourth-order valence-corrected chi connectivity index (χ4v) is 5.03. The van der Waals surface area contributed by atoms with E-state index in [1.54, 1.807) is 7.11 Å². The van der Waals surface area contributed by atoms with Gasteiger partial charge in [0, 0.05) is 30.3 Å². The van der Waals surface area contributed by atoms with Crippen LogP contribution in [0.3, 0.4) is 0 Å². The molecule has 4 aromatic rings. The predicted octanol–water partition coefficient (Wildman–Crippen LogP) is 4.98. The fourth-order valence-electron chi connectivity index (χ4n) is 5.03. The number of benzene rings is 2. The van der Waals surface area contributed by atoms with Gasteiger partial charge in [0.05, 0.1) is 90.3 Å². The number of rotatable bonds is 21. The minimum atomic E-state index is 0.00524. The molecule has 0 amide bonds. The van der Waals surface area contributed by atoms with Gasteiger partial charge >= 0.3 is 0 Å². The van der Waals surface area contributed by atoms with Crippen LogP contribution < -0.4 is 4.74 Å². The number of ether oxygens (including phenoxy) is 7. The zero-order valence-corrected chi connectivity index (χ0v) is 26.9. The van der Waals surface area contributed by atoms with E-state index in [0.717, 1.165) is 60.9 Å². The summed E-state index contributed by atoms with van der Waals surface area (Å²) in [7, 11) is 1.65. The number of nitrogens with zero attached hydrogens (tertiary/aromatic N) is 2. The number of aromatic nitrogens is 2. The van der Waals surface area contributed by atoms with Crippen LogP contribution in [0.25, 0.3) is 32.9 Å². The Labute approximate surface area is 265 Å². The van der Waals surface area contributed by atoms with Crippen LogP contribution >= 0.6 is 0 Å². The Kier molecular flexibility index (Phi) is 14.4. The SMILES string of the molecule is COCCOCCOCCOc1ccc(-c2c(COCCOCCOCCO)c3cc(C)cnc3c3ncc(C)cc23)cc1C. The van der Waals surface area contributed by atoms with Crippen molar-refractivity contribution < 1.29 is 38.3 Å². The molecule has 244 valence electrons. The second kappa shape index (κ2) is 18.7. The van der Waals surface area contributed by atoms with Crippen molar-refractivity contribution >= 4 is 21.8 Å². The monoisotopic (exact) mass is 622 g/mol. The van der Waals surface area contributed by atoms with Crippen LogP contribution in [0.4, 0.5) is 0 Å². The molecule has 2 aromatic heterocycles. The van der Waals surface area contributed by atoms with Crippen molar-refractivity contribution in [2.75, 3.05) is 86.4 Å². The maximum absolute atomic E-state index is 8.83. The van der Waals surface area contributed by atoms with Crippen LogP contribution in [0.15, 0.2) is 42.7 Å². The molecule has 10 heteroatoms. The second-order valence-electron chi connectivity index (χ2n) is 10.7. The number of hydrogen-bond donors (Lipinski definition) is 1. The summed E-state index contributed by atoms with van der Waals surface area (Å²) in [5.41, 5.74) is 8.07. The Morgan fingerprint density at radius 1 is 0.622 bits per heavy atom. The van der Waals surface area contributed by atoms with Crippen LogP contribution in [0, 0.1) is 20.8 Å². The van der Waals surface area contributed by atoms with Crippen molar-refractivity contribution in [3.63, 3.8) is 0 Å². The molecular formula is C35H46N2O8. The first-order chi connectivity index (χ1) is 22.0.